The Kier molecular flexibility index (Phi) is 8.35. The molecule has 0 aromatic heterocycles. The summed E-state index contributed by atoms with van der Waals surface area (Å²) in [6.45, 7) is -1.06. The van der Waals surface area contributed by atoms with Gasteiger partial charge in [0, 0.05) is 19.6 Å². The van der Waals surface area contributed by atoms with Crippen LogP contribution in [0.15, 0.2) is 23.2 Å². The molecular formula is C18H22F3N3O5S. The lowest BCUT2D eigenvalue weighted by molar-refractivity contribution is -0.139. The van der Waals surface area contributed by atoms with Crippen LogP contribution in [0.5, 0.6) is 11.5 Å². The number of carbonyl (C=O) groups excluding carboxylic acids is 2. The Morgan fingerprint density at radius 3 is 2.60 bits per heavy atom. The van der Waals surface area contributed by atoms with Gasteiger partial charge in [-0.15, -0.1) is 0 Å². The van der Waals surface area contributed by atoms with Gasteiger partial charge in [0.05, 0.1) is 27.4 Å². The van der Waals surface area contributed by atoms with Crippen LogP contribution in [0.2, 0.25) is 0 Å². The van der Waals surface area contributed by atoms with Crippen LogP contribution >= 0.6 is 11.8 Å². The Bertz CT molecular complexity index is 804. The summed E-state index contributed by atoms with van der Waals surface area (Å²) in [7, 11) is 4.43. The molecule has 0 spiro atoms. The number of amidine groups is 1. The van der Waals surface area contributed by atoms with Crippen molar-refractivity contribution < 1.29 is 37.0 Å². The number of halogens is 3. The number of carbonyl (C=O) groups is 2. The van der Waals surface area contributed by atoms with Crippen LogP contribution in [0, 0.1) is 0 Å². The van der Waals surface area contributed by atoms with E-state index in [2.05, 4.69) is 4.99 Å². The fourth-order valence-corrected chi connectivity index (χ4v) is 3.72. The molecule has 0 saturated carbocycles. The van der Waals surface area contributed by atoms with Gasteiger partial charge in [-0.3, -0.25) is 14.5 Å². The van der Waals surface area contributed by atoms with E-state index in [4.69, 9.17) is 14.2 Å². The average molecular weight is 449 g/mol. The lowest BCUT2D eigenvalue weighted by Crippen LogP contribution is -2.38. The summed E-state index contributed by atoms with van der Waals surface area (Å²) < 4.78 is 52.4. The molecule has 1 atom stereocenters. The van der Waals surface area contributed by atoms with E-state index in [-0.39, 0.29) is 18.3 Å². The monoisotopic (exact) mass is 449 g/mol. The average Bonchev–Trinajstić information content (AvgIpc) is 2.98. The molecule has 30 heavy (non-hydrogen) atoms. The van der Waals surface area contributed by atoms with Crippen molar-refractivity contribution in [2.75, 3.05) is 41.0 Å². The number of methoxy groups -OCH3 is 3. The molecule has 8 nitrogen and oxygen atoms in total. The van der Waals surface area contributed by atoms with Crippen LogP contribution in [0.1, 0.15) is 6.42 Å². The molecule has 166 valence electrons. The zero-order chi connectivity index (χ0) is 22.3. The largest absolute Gasteiger partial charge is 0.497 e. The van der Waals surface area contributed by atoms with Crippen LogP contribution in [0.25, 0.3) is 0 Å². The van der Waals surface area contributed by atoms with Crippen molar-refractivity contribution in [2.24, 2.45) is 4.99 Å². The van der Waals surface area contributed by atoms with E-state index in [0.717, 1.165) is 11.8 Å². The van der Waals surface area contributed by atoms with Crippen molar-refractivity contribution in [3.63, 3.8) is 0 Å². The molecule has 1 saturated heterocycles. The second kappa shape index (κ2) is 10.5. The lowest BCUT2D eigenvalue weighted by atomic mass is 10.2. The molecule has 1 N–H and O–H groups in total. The van der Waals surface area contributed by atoms with Crippen LogP contribution in [0.3, 0.4) is 0 Å². The first-order valence-electron chi connectivity index (χ1n) is 8.79. The van der Waals surface area contributed by atoms with Gasteiger partial charge < -0.3 is 19.5 Å². The number of hydrogen-bond donors (Lipinski definition) is 1. The Balaban J connectivity index is 2.24. The van der Waals surface area contributed by atoms with Gasteiger partial charge in [0.2, 0.25) is 11.8 Å². The predicted octanol–water partition coefficient (Wildman–Crippen LogP) is 2.35. The molecule has 1 aliphatic heterocycles. The summed E-state index contributed by atoms with van der Waals surface area (Å²) in [5.74, 6) is -0.338. The Morgan fingerprint density at radius 1 is 1.27 bits per heavy atom. The minimum atomic E-state index is -4.53. The van der Waals surface area contributed by atoms with Crippen LogP contribution in [-0.2, 0) is 14.3 Å². The predicted molar refractivity (Wildman–Crippen MR) is 105 cm³/mol. The maximum absolute atomic E-state index is 12.7. The molecule has 0 bridgehead atoms. The molecule has 1 heterocycles. The number of alkyl halides is 3. The molecule has 1 fully saturated rings. The van der Waals surface area contributed by atoms with Gasteiger partial charge in [-0.05, 0) is 12.1 Å². The van der Waals surface area contributed by atoms with E-state index >= 15 is 0 Å². The number of hydrogen-bond acceptors (Lipinski definition) is 7. The van der Waals surface area contributed by atoms with Crippen LogP contribution in [0.4, 0.5) is 18.9 Å². The maximum Gasteiger partial charge on any atom is 0.405 e. The number of ether oxygens (including phenoxy) is 3. The number of aliphatic imine (C=N–C) groups is 1. The molecule has 0 radical (unpaired) electrons. The van der Waals surface area contributed by atoms with E-state index in [1.165, 1.54) is 26.2 Å². The first-order chi connectivity index (χ1) is 14.2. The summed E-state index contributed by atoms with van der Waals surface area (Å²) in [6, 6.07) is 4.96. The number of rotatable bonds is 9. The minimum absolute atomic E-state index is 0.175. The summed E-state index contributed by atoms with van der Waals surface area (Å²) in [4.78, 5) is 30.4. The first-order valence-corrected chi connectivity index (χ1v) is 9.67. The van der Waals surface area contributed by atoms with Crippen LogP contribution in [-0.4, -0.2) is 74.3 Å². The number of nitrogens with zero attached hydrogens (tertiary/aromatic N) is 2. The van der Waals surface area contributed by atoms with E-state index in [1.54, 1.807) is 23.5 Å². The number of thioether (sulfide) groups is 1. The third-order valence-corrected chi connectivity index (χ3v) is 5.17. The fraction of sp³-hybridized carbons (Fsp3) is 0.500. The third-order valence-electron chi connectivity index (χ3n) is 4.00. The topological polar surface area (TPSA) is 89.5 Å². The van der Waals surface area contributed by atoms with Crippen molar-refractivity contribution in [3.05, 3.63) is 18.2 Å². The highest BCUT2D eigenvalue weighted by molar-refractivity contribution is 8.15. The Hall–Kier alpha value is -2.47. The van der Waals surface area contributed by atoms with Gasteiger partial charge in [0.15, 0.2) is 5.17 Å². The van der Waals surface area contributed by atoms with Crippen molar-refractivity contribution in [3.8, 4) is 11.5 Å². The molecule has 2 amide bonds. The molecule has 1 aromatic carbocycles. The van der Waals surface area contributed by atoms with Crippen molar-refractivity contribution >= 4 is 34.4 Å². The number of amides is 2. The Labute approximate surface area is 175 Å². The quantitative estimate of drug-likeness (QED) is 0.623. The SMILES string of the molecule is COCCN1C(=O)C(CC(=O)NCC(F)(F)F)SC1=Nc1cc(OC)ccc1OC. The molecule has 1 aromatic rings. The van der Waals surface area contributed by atoms with Gasteiger partial charge in [-0.1, -0.05) is 11.8 Å². The first kappa shape index (κ1) is 23.8. The smallest absolute Gasteiger partial charge is 0.405 e. The normalized spacial score (nSPS) is 18.1. The van der Waals surface area contributed by atoms with Gasteiger partial charge >= 0.3 is 6.18 Å². The standard InChI is InChI=1S/C18H22F3N3O5S/c1-27-7-6-24-16(26)14(9-15(25)22-10-18(19,20)21)30-17(24)23-12-8-11(28-2)4-5-13(12)29-3/h4-5,8,14H,6-7,9-10H2,1-3H3,(H,22,25). The molecule has 12 heteroatoms. The van der Waals surface area contributed by atoms with Gasteiger partial charge in [-0.2, -0.15) is 13.2 Å². The second-order valence-electron chi connectivity index (χ2n) is 6.12. The lowest BCUT2D eigenvalue weighted by Gasteiger charge is -2.16. The highest BCUT2D eigenvalue weighted by atomic mass is 32.2. The third kappa shape index (κ3) is 6.52. The minimum Gasteiger partial charge on any atom is -0.497 e. The second-order valence-corrected chi connectivity index (χ2v) is 7.29. The Morgan fingerprint density at radius 2 is 2.00 bits per heavy atom. The van der Waals surface area contributed by atoms with E-state index < -0.39 is 36.2 Å². The summed E-state index contributed by atoms with van der Waals surface area (Å²) in [5.41, 5.74) is 0.400. The van der Waals surface area contributed by atoms with Gasteiger partial charge in [-0.25, -0.2) is 4.99 Å². The fourth-order valence-electron chi connectivity index (χ4n) is 2.54. The highest BCUT2D eigenvalue weighted by Crippen LogP contribution is 2.36. The molecular weight excluding hydrogens is 427 g/mol. The van der Waals surface area contributed by atoms with E-state index in [1.807, 2.05) is 0 Å². The van der Waals surface area contributed by atoms with E-state index in [0.29, 0.717) is 17.2 Å². The van der Waals surface area contributed by atoms with Crippen molar-refractivity contribution in [1.82, 2.24) is 10.2 Å². The highest BCUT2D eigenvalue weighted by Gasteiger charge is 2.39. The van der Waals surface area contributed by atoms with E-state index in [9.17, 15) is 22.8 Å². The van der Waals surface area contributed by atoms with Crippen molar-refractivity contribution in [2.45, 2.75) is 17.8 Å². The molecule has 1 unspecified atom stereocenters. The summed E-state index contributed by atoms with van der Waals surface area (Å²) in [6.07, 6.45) is -4.93. The molecule has 0 aliphatic carbocycles. The number of nitrogens with one attached hydrogen (secondary N) is 1. The summed E-state index contributed by atoms with van der Waals surface area (Å²) >= 11 is 0.999. The molecule has 2 rings (SSSR count). The van der Waals surface area contributed by atoms with Gasteiger partial charge in [0.1, 0.15) is 29.0 Å². The van der Waals surface area contributed by atoms with Crippen LogP contribution < -0.4 is 14.8 Å². The number of benzene rings is 1. The zero-order valence-electron chi connectivity index (χ0n) is 16.6. The molecule has 1 aliphatic rings. The van der Waals surface area contributed by atoms with Crippen molar-refractivity contribution in [1.29, 1.82) is 0 Å². The summed E-state index contributed by atoms with van der Waals surface area (Å²) in [5, 5.41) is 1.17. The maximum atomic E-state index is 12.7. The van der Waals surface area contributed by atoms with Gasteiger partial charge in [0.25, 0.3) is 0 Å². The zero-order valence-corrected chi connectivity index (χ0v) is 17.4.